The summed E-state index contributed by atoms with van der Waals surface area (Å²) in [6, 6.07) is 6.09. The van der Waals surface area contributed by atoms with Crippen LogP contribution in [0.15, 0.2) is 35.6 Å². The Morgan fingerprint density at radius 2 is 2.10 bits per heavy atom. The topological polar surface area (TPSA) is 63.9 Å². The summed E-state index contributed by atoms with van der Waals surface area (Å²) in [5.41, 5.74) is 2.43. The van der Waals surface area contributed by atoms with Gasteiger partial charge in [0.25, 0.3) is 0 Å². The van der Waals surface area contributed by atoms with Crippen molar-refractivity contribution in [1.29, 1.82) is 0 Å². The molecule has 2 aromatic rings. The quantitative estimate of drug-likeness (QED) is 0.584. The van der Waals surface area contributed by atoms with Crippen LogP contribution >= 0.6 is 0 Å². The van der Waals surface area contributed by atoms with Crippen LogP contribution in [0.25, 0.3) is 0 Å². The lowest BCUT2D eigenvalue weighted by Crippen LogP contribution is -2.39. The van der Waals surface area contributed by atoms with E-state index < -0.39 is 0 Å². The zero-order valence-electron chi connectivity index (χ0n) is 18.3. The summed E-state index contributed by atoms with van der Waals surface area (Å²) < 4.78 is 13.6. The van der Waals surface area contributed by atoms with E-state index in [2.05, 4.69) is 32.6 Å². The molecule has 1 saturated heterocycles. The number of aliphatic imine (C=N–C) groups is 1. The minimum absolute atomic E-state index is 0.314. The number of rotatable bonds is 6. The number of aryl methyl sites for hydroxylation is 1. The van der Waals surface area contributed by atoms with Gasteiger partial charge in [0.05, 0.1) is 19.4 Å². The van der Waals surface area contributed by atoms with Gasteiger partial charge in [-0.15, -0.1) is 0 Å². The standard InChI is InChI=1S/C23H33N5O2/c1-24-23(28-11-10-18(16-28)19-14-26-27(2)15-19)25-13-17-8-9-21(29-3)12-22(17)30-20-6-4-5-7-20/h8-9,12,14-15,18,20H,4-7,10-11,13,16H2,1-3H3,(H,24,25). The highest BCUT2D eigenvalue weighted by Gasteiger charge is 2.27. The van der Waals surface area contributed by atoms with Crippen LogP contribution in [-0.2, 0) is 13.6 Å². The van der Waals surface area contributed by atoms with Crippen LogP contribution in [0.4, 0.5) is 0 Å². The summed E-state index contributed by atoms with van der Waals surface area (Å²) in [7, 11) is 5.51. The van der Waals surface area contributed by atoms with E-state index in [0.717, 1.165) is 55.4 Å². The first kappa shape index (κ1) is 20.6. The Bertz CT molecular complexity index is 872. The highest BCUT2D eigenvalue weighted by molar-refractivity contribution is 5.80. The van der Waals surface area contributed by atoms with Crippen molar-refractivity contribution in [3.63, 3.8) is 0 Å². The molecule has 1 atom stereocenters. The monoisotopic (exact) mass is 411 g/mol. The first-order chi connectivity index (χ1) is 14.7. The summed E-state index contributed by atoms with van der Waals surface area (Å²) in [6.45, 7) is 2.62. The Kier molecular flexibility index (Phi) is 6.45. The predicted octanol–water partition coefficient (Wildman–Crippen LogP) is 3.32. The number of ether oxygens (including phenoxy) is 2. The second-order valence-corrected chi connectivity index (χ2v) is 8.28. The lowest BCUT2D eigenvalue weighted by Gasteiger charge is -2.23. The third-order valence-electron chi connectivity index (χ3n) is 6.20. The Morgan fingerprint density at radius 1 is 1.27 bits per heavy atom. The molecule has 2 heterocycles. The zero-order chi connectivity index (χ0) is 20.9. The number of benzene rings is 1. The van der Waals surface area contributed by atoms with Gasteiger partial charge in [-0.2, -0.15) is 5.10 Å². The number of methoxy groups -OCH3 is 1. The molecule has 2 aliphatic rings. The molecule has 162 valence electrons. The molecule has 4 rings (SSSR count). The molecule has 0 amide bonds. The van der Waals surface area contributed by atoms with Crippen LogP contribution in [0.2, 0.25) is 0 Å². The second-order valence-electron chi connectivity index (χ2n) is 8.28. The third kappa shape index (κ3) is 4.71. The van der Waals surface area contributed by atoms with E-state index >= 15 is 0 Å². The van der Waals surface area contributed by atoms with Crippen LogP contribution in [0, 0.1) is 0 Å². The van der Waals surface area contributed by atoms with E-state index in [1.54, 1.807) is 7.11 Å². The van der Waals surface area contributed by atoms with Crippen molar-refractivity contribution in [3.8, 4) is 11.5 Å². The molecule has 30 heavy (non-hydrogen) atoms. The molecule has 1 unspecified atom stereocenters. The molecule has 1 aromatic carbocycles. The molecular weight excluding hydrogens is 378 g/mol. The minimum Gasteiger partial charge on any atom is -0.497 e. The fourth-order valence-electron chi connectivity index (χ4n) is 4.49. The van der Waals surface area contributed by atoms with Gasteiger partial charge in [-0.1, -0.05) is 0 Å². The molecule has 1 saturated carbocycles. The molecule has 1 aliphatic carbocycles. The van der Waals surface area contributed by atoms with Crippen LogP contribution in [0.1, 0.15) is 49.1 Å². The number of guanidine groups is 1. The Morgan fingerprint density at radius 3 is 2.80 bits per heavy atom. The Balaban J connectivity index is 1.40. The van der Waals surface area contributed by atoms with Crippen molar-refractivity contribution < 1.29 is 9.47 Å². The average Bonchev–Trinajstić information content (AvgIpc) is 3.51. The van der Waals surface area contributed by atoms with E-state index in [0.29, 0.717) is 18.6 Å². The molecule has 7 heteroatoms. The maximum absolute atomic E-state index is 6.33. The fraction of sp³-hybridized carbons (Fsp3) is 0.565. The summed E-state index contributed by atoms with van der Waals surface area (Å²) in [5.74, 6) is 3.18. The average molecular weight is 412 g/mol. The summed E-state index contributed by atoms with van der Waals surface area (Å²) in [6.07, 6.45) is 10.3. The SMILES string of the molecule is CN=C(NCc1ccc(OC)cc1OC1CCCC1)N1CCC(c2cnn(C)c2)C1. The van der Waals surface area contributed by atoms with Gasteiger partial charge in [-0.05, 0) is 49.8 Å². The number of likely N-dealkylation sites (tertiary alicyclic amines) is 1. The molecule has 1 N–H and O–H groups in total. The van der Waals surface area contributed by atoms with E-state index in [-0.39, 0.29) is 0 Å². The molecule has 1 aliphatic heterocycles. The zero-order valence-corrected chi connectivity index (χ0v) is 18.3. The van der Waals surface area contributed by atoms with Crippen molar-refractivity contribution in [2.75, 3.05) is 27.2 Å². The van der Waals surface area contributed by atoms with Crippen LogP contribution < -0.4 is 14.8 Å². The van der Waals surface area contributed by atoms with Gasteiger partial charge in [0.15, 0.2) is 5.96 Å². The molecule has 0 radical (unpaired) electrons. The Labute approximate surface area is 179 Å². The fourth-order valence-corrected chi connectivity index (χ4v) is 4.49. The van der Waals surface area contributed by atoms with E-state index in [1.807, 2.05) is 37.1 Å². The third-order valence-corrected chi connectivity index (χ3v) is 6.20. The highest BCUT2D eigenvalue weighted by atomic mass is 16.5. The molecule has 0 spiro atoms. The maximum atomic E-state index is 6.33. The highest BCUT2D eigenvalue weighted by Crippen LogP contribution is 2.30. The molecule has 1 aromatic heterocycles. The van der Waals surface area contributed by atoms with Crippen LogP contribution in [0.5, 0.6) is 11.5 Å². The lowest BCUT2D eigenvalue weighted by atomic mass is 10.0. The summed E-state index contributed by atoms with van der Waals surface area (Å²) >= 11 is 0. The number of nitrogens with zero attached hydrogens (tertiary/aromatic N) is 4. The lowest BCUT2D eigenvalue weighted by molar-refractivity contribution is 0.207. The normalized spacial score (nSPS) is 20.0. The molecule has 0 bridgehead atoms. The smallest absolute Gasteiger partial charge is 0.193 e. The van der Waals surface area contributed by atoms with Crippen molar-refractivity contribution >= 4 is 5.96 Å². The van der Waals surface area contributed by atoms with Crippen molar-refractivity contribution in [3.05, 3.63) is 41.7 Å². The van der Waals surface area contributed by atoms with Gasteiger partial charge in [0, 0.05) is 57.5 Å². The van der Waals surface area contributed by atoms with Crippen LogP contribution in [0.3, 0.4) is 0 Å². The summed E-state index contributed by atoms with van der Waals surface area (Å²) in [4.78, 5) is 6.86. The van der Waals surface area contributed by atoms with E-state index in [9.17, 15) is 0 Å². The largest absolute Gasteiger partial charge is 0.497 e. The Hall–Kier alpha value is -2.70. The van der Waals surface area contributed by atoms with Gasteiger partial charge < -0.3 is 19.7 Å². The predicted molar refractivity (Wildman–Crippen MR) is 118 cm³/mol. The summed E-state index contributed by atoms with van der Waals surface area (Å²) in [5, 5.41) is 7.86. The second kappa shape index (κ2) is 9.41. The van der Waals surface area contributed by atoms with Crippen molar-refractivity contribution in [2.45, 2.75) is 50.7 Å². The first-order valence-corrected chi connectivity index (χ1v) is 10.9. The van der Waals surface area contributed by atoms with E-state index in [1.165, 1.54) is 18.4 Å². The molecule has 2 fully saturated rings. The maximum Gasteiger partial charge on any atom is 0.193 e. The number of aromatic nitrogens is 2. The molecule has 7 nitrogen and oxygen atoms in total. The number of hydrogen-bond acceptors (Lipinski definition) is 4. The van der Waals surface area contributed by atoms with Gasteiger partial charge >= 0.3 is 0 Å². The van der Waals surface area contributed by atoms with E-state index in [4.69, 9.17) is 9.47 Å². The van der Waals surface area contributed by atoms with Crippen LogP contribution in [-0.4, -0.2) is 54.0 Å². The van der Waals surface area contributed by atoms with Gasteiger partial charge in [0.1, 0.15) is 11.5 Å². The number of nitrogens with one attached hydrogen (secondary N) is 1. The first-order valence-electron chi connectivity index (χ1n) is 10.9. The molecular formula is C23H33N5O2. The number of hydrogen-bond donors (Lipinski definition) is 1. The van der Waals surface area contributed by atoms with Gasteiger partial charge in [-0.25, -0.2) is 0 Å². The van der Waals surface area contributed by atoms with Crippen molar-refractivity contribution in [1.82, 2.24) is 20.0 Å². The van der Waals surface area contributed by atoms with Gasteiger partial charge in [0.2, 0.25) is 0 Å². The van der Waals surface area contributed by atoms with Gasteiger partial charge in [-0.3, -0.25) is 9.67 Å². The van der Waals surface area contributed by atoms with Crippen molar-refractivity contribution in [2.24, 2.45) is 12.0 Å². The minimum atomic E-state index is 0.314.